The summed E-state index contributed by atoms with van der Waals surface area (Å²) in [7, 11) is 0. The molecule has 0 atom stereocenters. The van der Waals surface area contributed by atoms with E-state index < -0.39 is 0 Å². The summed E-state index contributed by atoms with van der Waals surface area (Å²) < 4.78 is 0. The van der Waals surface area contributed by atoms with Crippen molar-refractivity contribution in [1.29, 1.82) is 0 Å². The number of carbonyl (C=O) groups excluding carboxylic acids is 1. The molecule has 6 heteroatoms. The number of nitrogens with one attached hydrogen (secondary N) is 2. The van der Waals surface area contributed by atoms with Gasteiger partial charge in [0.25, 0.3) is 5.91 Å². The Morgan fingerprint density at radius 3 is 2.81 bits per heavy atom. The highest BCUT2D eigenvalue weighted by Gasteiger charge is 2.08. The predicted molar refractivity (Wildman–Crippen MR) is 84.1 cm³/mol. The second-order valence-electron chi connectivity index (χ2n) is 4.63. The second kappa shape index (κ2) is 7.04. The number of anilines is 2. The molecule has 2 rings (SSSR count). The van der Waals surface area contributed by atoms with Gasteiger partial charge in [0.1, 0.15) is 17.8 Å². The van der Waals surface area contributed by atoms with Crippen LogP contribution in [0, 0.1) is 6.92 Å². The molecule has 0 saturated carbocycles. The van der Waals surface area contributed by atoms with E-state index in [1.54, 1.807) is 12.1 Å². The first-order valence-electron chi connectivity index (χ1n) is 6.73. The molecule has 1 aromatic heterocycles. The summed E-state index contributed by atoms with van der Waals surface area (Å²) in [6, 6.07) is 7.16. The summed E-state index contributed by atoms with van der Waals surface area (Å²) in [5, 5.41) is 6.63. The van der Waals surface area contributed by atoms with E-state index in [0.717, 1.165) is 17.7 Å². The highest BCUT2D eigenvalue weighted by molar-refractivity contribution is 6.30. The molecule has 110 valence electrons. The van der Waals surface area contributed by atoms with Crippen LogP contribution in [0.1, 0.15) is 29.4 Å². The molecule has 2 aromatic rings. The van der Waals surface area contributed by atoms with Gasteiger partial charge in [-0.2, -0.15) is 0 Å². The molecule has 0 aliphatic carbocycles. The molecule has 1 amide bonds. The van der Waals surface area contributed by atoms with Gasteiger partial charge in [-0.05, 0) is 37.1 Å². The fraction of sp³-hybridized carbons (Fsp3) is 0.267. The van der Waals surface area contributed by atoms with Crippen LogP contribution in [0.3, 0.4) is 0 Å². The minimum absolute atomic E-state index is 0.199. The van der Waals surface area contributed by atoms with Crippen molar-refractivity contribution in [3.05, 3.63) is 46.9 Å². The molecule has 21 heavy (non-hydrogen) atoms. The number of carbonyl (C=O) groups is 1. The first-order chi connectivity index (χ1) is 10.1. The van der Waals surface area contributed by atoms with E-state index in [9.17, 15) is 4.79 Å². The fourth-order valence-corrected chi connectivity index (χ4v) is 2.01. The summed E-state index contributed by atoms with van der Waals surface area (Å²) in [4.78, 5) is 20.0. The maximum Gasteiger partial charge on any atom is 0.270 e. The van der Waals surface area contributed by atoms with E-state index in [1.807, 2.05) is 26.0 Å². The Hall–Kier alpha value is -2.14. The van der Waals surface area contributed by atoms with Crippen LogP contribution >= 0.6 is 11.6 Å². The van der Waals surface area contributed by atoms with Crippen LogP contribution in [0.15, 0.2) is 30.6 Å². The molecule has 0 bridgehead atoms. The van der Waals surface area contributed by atoms with Crippen molar-refractivity contribution in [3.8, 4) is 0 Å². The normalized spacial score (nSPS) is 10.2. The zero-order chi connectivity index (χ0) is 15.2. The van der Waals surface area contributed by atoms with Crippen molar-refractivity contribution in [1.82, 2.24) is 15.3 Å². The molecule has 0 unspecified atom stereocenters. The van der Waals surface area contributed by atoms with Gasteiger partial charge >= 0.3 is 0 Å². The summed E-state index contributed by atoms with van der Waals surface area (Å²) in [6.07, 6.45) is 2.25. The molecule has 5 nitrogen and oxygen atoms in total. The smallest absolute Gasteiger partial charge is 0.270 e. The van der Waals surface area contributed by atoms with Crippen LogP contribution in [0.25, 0.3) is 0 Å². The lowest BCUT2D eigenvalue weighted by Gasteiger charge is -2.10. The quantitative estimate of drug-likeness (QED) is 0.889. The second-order valence-corrected chi connectivity index (χ2v) is 5.07. The third-order valence-electron chi connectivity index (χ3n) is 2.89. The average Bonchev–Trinajstić information content (AvgIpc) is 2.48. The first-order valence-corrected chi connectivity index (χ1v) is 7.11. The molecule has 2 N–H and O–H groups in total. The molecular weight excluding hydrogens is 288 g/mol. The lowest BCUT2D eigenvalue weighted by molar-refractivity contribution is 0.0948. The van der Waals surface area contributed by atoms with Gasteiger partial charge in [0.15, 0.2) is 0 Å². The summed E-state index contributed by atoms with van der Waals surface area (Å²) >= 11 is 5.93. The van der Waals surface area contributed by atoms with E-state index in [4.69, 9.17) is 11.6 Å². The summed E-state index contributed by atoms with van der Waals surface area (Å²) in [5.74, 6) is 0.368. The summed E-state index contributed by atoms with van der Waals surface area (Å²) in [6.45, 7) is 4.57. The molecule has 0 spiro atoms. The first kappa shape index (κ1) is 15.3. The number of amides is 1. The van der Waals surface area contributed by atoms with Gasteiger partial charge in [-0.15, -0.1) is 0 Å². The van der Waals surface area contributed by atoms with Crippen molar-refractivity contribution in [2.45, 2.75) is 20.3 Å². The van der Waals surface area contributed by atoms with Crippen LogP contribution in [-0.4, -0.2) is 22.4 Å². The van der Waals surface area contributed by atoms with Gasteiger partial charge in [0, 0.05) is 23.3 Å². The van der Waals surface area contributed by atoms with Gasteiger partial charge < -0.3 is 10.6 Å². The number of rotatable bonds is 5. The molecule has 1 heterocycles. The largest absolute Gasteiger partial charge is 0.351 e. The third-order valence-corrected chi connectivity index (χ3v) is 3.12. The van der Waals surface area contributed by atoms with Crippen molar-refractivity contribution in [2.75, 3.05) is 11.9 Å². The minimum atomic E-state index is -0.199. The highest BCUT2D eigenvalue weighted by Crippen LogP contribution is 2.22. The monoisotopic (exact) mass is 304 g/mol. The van der Waals surface area contributed by atoms with Crippen molar-refractivity contribution in [2.24, 2.45) is 0 Å². The zero-order valence-electron chi connectivity index (χ0n) is 12.0. The van der Waals surface area contributed by atoms with E-state index >= 15 is 0 Å². The van der Waals surface area contributed by atoms with Crippen LogP contribution < -0.4 is 10.6 Å². The number of benzene rings is 1. The molecule has 0 radical (unpaired) electrons. The molecule has 0 fully saturated rings. The van der Waals surface area contributed by atoms with Crippen molar-refractivity contribution < 1.29 is 4.79 Å². The predicted octanol–water partition coefficient (Wildman–Crippen LogP) is 3.32. The lowest BCUT2D eigenvalue weighted by atomic mass is 10.2. The Labute approximate surface area is 128 Å². The van der Waals surface area contributed by atoms with Crippen molar-refractivity contribution >= 4 is 29.0 Å². The Morgan fingerprint density at radius 1 is 1.29 bits per heavy atom. The number of hydrogen-bond acceptors (Lipinski definition) is 4. The Kier molecular flexibility index (Phi) is 5.11. The van der Waals surface area contributed by atoms with Crippen LogP contribution in [0.5, 0.6) is 0 Å². The Morgan fingerprint density at radius 2 is 2.10 bits per heavy atom. The standard InChI is InChI=1S/C15H17ClN4O/c1-3-6-17-15(21)13-8-14(19-9-18-13)20-12-5-4-11(16)7-10(12)2/h4-5,7-9H,3,6H2,1-2H3,(H,17,21)(H,18,19,20). The highest BCUT2D eigenvalue weighted by atomic mass is 35.5. The fourth-order valence-electron chi connectivity index (χ4n) is 1.78. The molecule has 0 aliphatic rings. The number of aryl methyl sites for hydroxylation is 1. The molecule has 0 saturated heterocycles. The van der Waals surface area contributed by atoms with E-state index in [-0.39, 0.29) is 5.91 Å². The summed E-state index contributed by atoms with van der Waals surface area (Å²) in [5.41, 5.74) is 2.23. The lowest BCUT2D eigenvalue weighted by Crippen LogP contribution is -2.25. The van der Waals surface area contributed by atoms with Gasteiger partial charge in [-0.3, -0.25) is 4.79 Å². The minimum Gasteiger partial charge on any atom is -0.351 e. The average molecular weight is 305 g/mol. The Balaban J connectivity index is 2.15. The van der Waals surface area contributed by atoms with Crippen LogP contribution in [0.4, 0.5) is 11.5 Å². The maximum absolute atomic E-state index is 11.9. The van der Waals surface area contributed by atoms with Crippen LogP contribution in [0.2, 0.25) is 5.02 Å². The van der Waals surface area contributed by atoms with Gasteiger partial charge in [-0.25, -0.2) is 9.97 Å². The number of halogens is 1. The maximum atomic E-state index is 11.9. The van der Waals surface area contributed by atoms with Gasteiger partial charge in [-0.1, -0.05) is 18.5 Å². The molecule has 0 aliphatic heterocycles. The third kappa shape index (κ3) is 4.16. The topological polar surface area (TPSA) is 66.9 Å². The van der Waals surface area contributed by atoms with E-state index in [0.29, 0.717) is 23.1 Å². The van der Waals surface area contributed by atoms with Gasteiger partial charge in [0.05, 0.1) is 0 Å². The SMILES string of the molecule is CCCNC(=O)c1cc(Nc2ccc(Cl)cc2C)ncn1. The van der Waals surface area contributed by atoms with E-state index in [2.05, 4.69) is 20.6 Å². The number of hydrogen-bond donors (Lipinski definition) is 2. The van der Waals surface area contributed by atoms with Crippen molar-refractivity contribution in [3.63, 3.8) is 0 Å². The number of aromatic nitrogens is 2. The Bertz CT molecular complexity index is 645. The molecular formula is C15H17ClN4O. The van der Waals surface area contributed by atoms with E-state index in [1.165, 1.54) is 6.33 Å². The van der Waals surface area contributed by atoms with Gasteiger partial charge in [0.2, 0.25) is 0 Å². The molecule has 1 aromatic carbocycles. The van der Waals surface area contributed by atoms with Crippen LogP contribution in [-0.2, 0) is 0 Å². The number of nitrogens with zero attached hydrogens (tertiary/aromatic N) is 2. The zero-order valence-corrected chi connectivity index (χ0v) is 12.7.